The molecule has 4 rings (SSSR count). The van der Waals surface area contributed by atoms with Crippen molar-refractivity contribution in [3.63, 3.8) is 0 Å². The molecule has 2 aromatic rings. The van der Waals surface area contributed by atoms with Crippen LogP contribution in [0.3, 0.4) is 0 Å². The van der Waals surface area contributed by atoms with E-state index in [1.165, 1.54) is 0 Å². The first-order valence-corrected chi connectivity index (χ1v) is 9.93. The summed E-state index contributed by atoms with van der Waals surface area (Å²) in [5, 5.41) is 15.9. The molecule has 29 heavy (non-hydrogen) atoms. The third-order valence-electron chi connectivity index (χ3n) is 5.60. The van der Waals surface area contributed by atoms with Crippen molar-refractivity contribution < 1.29 is 14.7 Å². The Kier molecular flexibility index (Phi) is 5.15. The van der Waals surface area contributed by atoms with Gasteiger partial charge in [-0.05, 0) is 37.6 Å². The minimum absolute atomic E-state index is 0.000762. The van der Waals surface area contributed by atoms with Gasteiger partial charge in [-0.15, -0.1) is 0 Å². The lowest BCUT2D eigenvalue weighted by atomic mass is 9.72. The van der Waals surface area contributed by atoms with Crippen LogP contribution in [0.4, 0.5) is 21.0 Å². The summed E-state index contributed by atoms with van der Waals surface area (Å²) in [5.41, 5.74) is 2.53. The number of aliphatic hydroxyl groups excluding tert-OH is 1. The Balaban J connectivity index is 1.62. The fourth-order valence-corrected chi connectivity index (χ4v) is 4.39. The largest absolute Gasteiger partial charge is 0.394 e. The van der Waals surface area contributed by atoms with Crippen molar-refractivity contribution in [2.24, 2.45) is 0 Å². The van der Waals surface area contributed by atoms with Gasteiger partial charge in [0.1, 0.15) is 0 Å². The van der Waals surface area contributed by atoms with Gasteiger partial charge in [-0.2, -0.15) is 0 Å². The quantitative estimate of drug-likeness (QED) is 0.748. The van der Waals surface area contributed by atoms with Crippen molar-refractivity contribution >= 4 is 23.4 Å². The number of hydrogen-bond donors (Lipinski definition) is 3. The van der Waals surface area contributed by atoms with Crippen LogP contribution in [0.1, 0.15) is 25.3 Å². The number of fused-ring (bicyclic) bond motifs is 3. The fourth-order valence-electron chi connectivity index (χ4n) is 4.39. The van der Waals surface area contributed by atoms with Gasteiger partial charge in [-0.3, -0.25) is 4.90 Å². The smallest absolute Gasteiger partial charge is 0.322 e. The van der Waals surface area contributed by atoms with E-state index >= 15 is 0 Å². The first-order valence-electron chi connectivity index (χ1n) is 9.93. The molecular weight excluding hydrogens is 368 g/mol. The predicted octanol–water partition coefficient (Wildman–Crippen LogP) is 2.99. The number of rotatable bonds is 3. The number of amides is 4. The van der Waals surface area contributed by atoms with Crippen LogP contribution in [0.15, 0.2) is 54.6 Å². The van der Waals surface area contributed by atoms with Gasteiger partial charge in [0.05, 0.1) is 18.7 Å². The van der Waals surface area contributed by atoms with Crippen molar-refractivity contribution in [3.8, 4) is 0 Å². The normalized spacial score (nSPS) is 22.4. The van der Waals surface area contributed by atoms with E-state index < -0.39 is 0 Å². The van der Waals surface area contributed by atoms with E-state index in [1.54, 1.807) is 9.80 Å². The number of para-hydroxylation sites is 2. The average molecular weight is 394 g/mol. The molecule has 2 heterocycles. The molecule has 0 spiro atoms. The summed E-state index contributed by atoms with van der Waals surface area (Å²) in [6.07, 6.45) is 0. The molecule has 152 valence electrons. The van der Waals surface area contributed by atoms with Crippen molar-refractivity contribution in [2.75, 3.05) is 23.4 Å². The van der Waals surface area contributed by atoms with E-state index in [9.17, 15) is 14.7 Å². The average Bonchev–Trinajstić information content (AvgIpc) is 2.68. The van der Waals surface area contributed by atoms with Crippen molar-refractivity contribution in [2.45, 2.75) is 37.9 Å². The second-order valence-corrected chi connectivity index (χ2v) is 7.82. The van der Waals surface area contributed by atoms with Gasteiger partial charge in [0.15, 0.2) is 0 Å². The first-order chi connectivity index (χ1) is 14.0. The highest BCUT2D eigenvalue weighted by molar-refractivity contribution is 5.96. The number of likely N-dealkylation sites (tertiary alicyclic amines) is 1. The molecule has 0 saturated carbocycles. The van der Waals surface area contributed by atoms with Gasteiger partial charge in [-0.1, -0.05) is 36.4 Å². The molecular formula is C22H26N4O3. The first kappa shape index (κ1) is 19.3. The molecule has 3 atom stereocenters. The molecule has 1 saturated heterocycles. The molecule has 0 aromatic heterocycles. The van der Waals surface area contributed by atoms with Crippen LogP contribution in [-0.2, 0) is 0 Å². The molecule has 0 radical (unpaired) electrons. The minimum Gasteiger partial charge on any atom is -0.394 e. The third-order valence-corrected chi connectivity index (χ3v) is 5.60. The number of carbonyl (C=O) groups excluding carboxylic acids is 2. The number of anilines is 2. The zero-order valence-electron chi connectivity index (χ0n) is 16.6. The Hall–Kier alpha value is -3.06. The molecule has 2 aromatic carbocycles. The second-order valence-electron chi connectivity index (χ2n) is 7.82. The van der Waals surface area contributed by atoms with Gasteiger partial charge in [0.25, 0.3) is 0 Å². The highest BCUT2D eigenvalue weighted by Gasteiger charge is 2.55. The van der Waals surface area contributed by atoms with Gasteiger partial charge in [0.2, 0.25) is 0 Å². The number of carbonyl (C=O) groups is 2. The van der Waals surface area contributed by atoms with Gasteiger partial charge in [-0.25, -0.2) is 9.59 Å². The predicted molar refractivity (Wildman–Crippen MR) is 112 cm³/mol. The second kappa shape index (κ2) is 7.75. The maximum absolute atomic E-state index is 13.0. The number of aliphatic hydroxyl groups is 1. The van der Waals surface area contributed by atoms with E-state index in [-0.39, 0.29) is 42.7 Å². The van der Waals surface area contributed by atoms with E-state index in [0.29, 0.717) is 12.2 Å². The molecule has 7 heteroatoms. The van der Waals surface area contributed by atoms with Crippen LogP contribution in [0.2, 0.25) is 0 Å². The Morgan fingerprint density at radius 1 is 1.07 bits per heavy atom. The highest BCUT2D eigenvalue weighted by Crippen LogP contribution is 2.48. The van der Waals surface area contributed by atoms with Crippen molar-refractivity contribution in [1.29, 1.82) is 0 Å². The van der Waals surface area contributed by atoms with Crippen molar-refractivity contribution in [1.82, 2.24) is 10.2 Å². The van der Waals surface area contributed by atoms with Gasteiger partial charge in [0, 0.05) is 29.9 Å². The van der Waals surface area contributed by atoms with Crippen LogP contribution in [-0.4, -0.2) is 53.3 Å². The number of benzene rings is 2. The van der Waals surface area contributed by atoms with Crippen molar-refractivity contribution in [3.05, 3.63) is 60.2 Å². The minimum atomic E-state index is -0.319. The topological polar surface area (TPSA) is 84.9 Å². The van der Waals surface area contributed by atoms with Crippen LogP contribution in [0.25, 0.3) is 0 Å². The number of hydrogen-bond acceptors (Lipinski definition) is 3. The lowest BCUT2D eigenvalue weighted by Gasteiger charge is -2.58. The monoisotopic (exact) mass is 394 g/mol. The van der Waals surface area contributed by atoms with Crippen LogP contribution >= 0.6 is 0 Å². The lowest BCUT2D eigenvalue weighted by Crippen LogP contribution is -2.71. The summed E-state index contributed by atoms with van der Waals surface area (Å²) in [7, 11) is 0. The summed E-state index contributed by atoms with van der Waals surface area (Å²) in [6.45, 7) is 4.09. The molecule has 2 aliphatic rings. The van der Waals surface area contributed by atoms with E-state index in [4.69, 9.17) is 0 Å². The van der Waals surface area contributed by atoms with E-state index in [0.717, 1.165) is 11.3 Å². The molecule has 0 aliphatic carbocycles. The number of nitrogens with zero attached hydrogens (tertiary/aromatic N) is 2. The van der Waals surface area contributed by atoms with Crippen LogP contribution in [0.5, 0.6) is 0 Å². The Bertz CT molecular complexity index is 902. The zero-order chi connectivity index (χ0) is 20.5. The summed E-state index contributed by atoms with van der Waals surface area (Å²) < 4.78 is 0. The zero-order valence-corrected chi connectivity index (χ0v) is 16.6. The highest BCUT2D eigenvalue weighted by atomic mass is 16.3. The Labute approximate surface area is 170 Å². The summed E-state index contributed by atoms with van der Waals surface area (Å²) in [4.78, 5) is 29.2. The van der Waals surface area contributed by atoms with Crippen LogP contribution < -0.4 is 15.5 Å². The van der Waals surface area contributed by atoms with Crippen LogP contribution in [0, 0.1) is 0 Å². The standard InChI is InChI=1S/C22H26N4O3/c1-14(2)23-21(28)25-12-18-20(16-10-6-7-11-17(16)25)19(13-27)26(18)22(29)24-15-8-4-3-5-9-15/h3-11,14,18-20,27H,12-13H2,1-2H3,(H,23,28)(H,24,29)/t18-,19-,20+/m1/s1. The molecule has 0 unspecified atom stereocenters. The Morgan fingerprint density at radius 3 is 2.45 bits per heavy atom. The molecule has 7 nitrogen and oxygen atoms in total. The number of nitrogens with one attached hydrogen (secondary N) is 2. The summed E-state index contributed by atoms with van der Waals surface area (Å²) >= 11 is 0. The maximum atomic E-state index is 13.0. The summed E-state index contributed by atoms with van der Waals surface area (Å²) in [6, 6.07) is 16.0. The maximum Gasteiger partial charge on any atom is 0.322 e. The summed E-state index contributed by atoms with van der Waals surface area (Å²) in [5.74, 6) is 0.000762. The SMILES string of the molecule is CC(C)NC(=O)N1C[C@@H]2[C@H](c3ccccc31)[C@@H](CO)N2C(=O)Nc1ccccc1. The van der Waals surface area contributed by atoms with E-state index in [1.807, 2.05) is 68.4 Å². The third kappa shape index (κ3) is 3.42. The molecule has 0 bridgehead atoms. The number of urea groups is 2. The van der Waals surface area contributed by atoms with E-state index in [2.05, 4.69) is 10.6 Å². The lowest BCUT2D eigenvalue weighted by molar-refractivity contribution is -0.00197. The molecule has 4 amide bonds. The fraction of sp³-hybridized carbons (Fsp3) is 0.364. The molecule has 3 N–H and O–H groups in total. The van der Waals surface area contributed by atoms with Gasteiger partial charge < -0.3 is 20.6 Å². The molecule has 2 aliphatic heterocycles. The Morgan fingerprint density at radius 2 is 1.76 bits per heavy atom. The molecule has 1 fully saturated rings. The van der Waals surface area contributed by atoms with Gasteiger partial charge >= 0.3 is 12.1 Å².